The first-order valence-electron chi connectivity index (χ1n) is 3.76. The van der Waals surface area contributed by atoms with Crippen molar-refractivity contribution >= 4 is 21.6 Å². The predicted molar refractivity (Wildman–Crippen MR) is 50.7 cm³/mol. The molecule has 1 rings (SSSR count). The van der Waals surface area contributed by atoms with E-state index in [1.165, 1.54) is 0 Å². The van der Waals surface area contributed by atoms with Gasteiger partial charge in [-0.25, -0.2) is 0 Å². The lowest BCUT2D eigenvalue weighted by molar-refractivity contribution is -0.385. The van der Waals surface area contributed by atoms with Crippen LogP contribution in [0.5, 0.6) is 0 Å². The Hall–Kier alpha value is -1.11. The molecule has 0 bridgehead atoms. The zero-order valence-electron chi connectivity index (χ0n) is 7.21. The SMILES string of the molecule is O=[N+]([O-])c1ccc(C(F)(F)F)c(CBr)c1. The molecule has 0 saturated carbocycles. The molecule has 82 valence electrons. The average molecular weight is 284 g/mol. The number of hydrogen-bond donors (Lipinski definition) is 0. The summed E-state index contributed by atoms with van der Waals surface area (Å²) in [5, 5.41) is 10.3. The molecule has 0 unspecified atom stereocenters. The Morgan fingerprint density at radius 1 is 1.40 bits per heavy atom. The number of nitro benzene ring substituents is 1. The summed E-state index contributed by atoms with van der Waals surface area (Å²) in [5.41, 5.74) is -1.35. The standard InChI is InChI=1S/C8H5BrF3NO2/c9-4-5-3-6(13(14)15)1-2-7(5)8(10,11)12/h1-3H,4H2. The fourth-order valence-electron chi connectivity index (χ4n) is 1.08. The number of rotatable bonds is 2. The van der Waals surface area contributed by atoms with Gasteiger partial charge in [-0.2, -0.15) is 13.2 Å². The lowest BCUT2D eigenvalue weighted by atomic mass is 10.1. The molecule has 0 saturated heterocycles. The van der Waals surface area contributed by atoms with Crippen molar-refractivity contribution in [1.82, 2.24) is 0 Å². The van der Waals surface area contributed by atoms with Crippen molar-refractivity contribution in [3.8, 4) is 0 Å². The summed E-state index contributed by atoms with van der Waals surface area (Å²) in [6.07, 6.45) is -4.49. The zero-order chi connectivity index (χ0) is 11.6. The van der Waals surface area contributed by atoms with Crippen LogP contribution < -0.4 is 0 Å². The number of alkyl halides is 4. The third-order valence-electron chi connectivity index (χ3n) is 1.75. The third-order valence-corrected chi connectivity index (χ3v) is 2.35. The first-order chi connectivity index (χ1) is 6.86. The van der Waals surface area contributed by atoms with Crippen LogP contribution in [0.2, 0.25) is 0 Å². The van der Waals surface area contributed by atoms with Crippen LogP contribution in [0.3, 0.4) is 0 Å². The Kier molecular flexibility index (Phi) is 3.33. The van der Waals surface area contributed by atoms with Gasteiger partial charge in [-0.15, -0.1) is 0 Å². The van der Waals surface area contributed by atoms with Crippen LogP contribution in [0.1, 0.15) is 11.1 Å². The van der Waals surface area contributed by atoms with Crippen molar-refractivity contribution in [2.45, 2.75) is 11.5 Å². The molecular weight excluding hydrogens is 279 g/mol. The molecule has 0 spiro atoms. The monoisotopic (exact) mass is 283 g/mol. The molecule has 0 aliphatic carbocycles. The summed E-state index contributed by atoms with van der Waals surface area (Å²) in [7, 11) is 0. The summed E-state index contributed by atoms with van der Waals surface area (Å²) in [5.74, 6) is 0. The Bertz CT molecular complexity index is 392. The average Bonchev–Trinajstić information content (AvgIpc) is 2.15. The number of halogens is 4. The molecule has 0 amide bonds. The fraction of sp³-hybridized carbons (Fsp3) is 0.250. The Morgan fingerprint density at radius 3 is 2.40 bits per heavy atom. The van der Waals surface area contributed by atoms with E-state index in [1.807, 2.05) is 0 Å². The van der Waals surface area contributed by atoms with Gasteiger partial charge in [0, 0.05) is 17.5 Å². The van der Waals surface area contributed by atoms with Gasteiger partial charge in [0.15, 0.2) is 0 Å². The Balaban J connectivity index is 3.27. The molecule has 15 heavy (non-hydrogen) atoms. The van der Waals surface area contributed by atoms with Gasteiger partial charge in [-0.1, -0.05) is 15.9 Å². The molecule has 0 aliphatic rings. The van der Waals surface area contributed by atoms with E-state index in [0.717, 1.165) is 12.1 Å². The van der Waals surface area contributed by atoms with Crippen molar-refractivity contribution in [1.29, 1.82) is 0 Å². The number of nitro groups is 1. The van der Waals surface area contributed by atoms with Crippen molar-refractivity contribution in [2.24, 2.45) is 0 Å². The molecule has 0 aliphatic heterocycles. The highest BCUT2D eigenvalue weighted by Gasteiger charge is 2.33. The second-order valence-corrected chi connectivity index (χ2v) is 3.29. The highest BCUT2D eigenvalue weighted by atomic mass is 79.9. The van der Waals surface area contributed by atoms with E-state index in [1.54, 1.807) is 0 Å². The van der Waals surface area contributed by atoms with Crippen molar-refractivity contribution < 1.29 is 18.1 Å². The highest BCUT2D eigenvalue weighted by Crippen LogP contribution is 2.34. The molecule has 0 heterocycles. The van der Waals surface area contributed by atoms with Gasteiger partial charge in [0.2, 0.25) is 0 Å². The van der Waals surface area contributed by atoms with E-state index < -0.39 is 16.7 Å². The summed E-state index contributed by atoms with van der Waals surface area (Å²) >= 11 is 2.86. The van der Waals surface area contributed by atoms with Crippen LogP contribution in [0.4, 0.5) is 18.9 Å². The van der Waals surface area contributed by atoms with Gasteiger partial charge >= 0.3 is 6.18 Å². The molecule has 1 aromatic rings. The van der Waals surface area contributed by atoms with Crippen LogP contribution in [0.15, 0.2) is 18.2 Å². The van der Waals surface area contributed by atoms with Crippen LogP contribution in [0.25, 0.3) is 0 Å². The fourth-order valence-corrected chi connectivity index (χ4v) is 1.54. The maximum atomic E-state index is 12.4. The van der Waals surface area contributed by atoms with Crippen molar-refractivity contribution in [3.05, 3.63) is 39.4 Å². The summed E-state index contributed by atoms with van der Waals surface area (Å²) in [6.45, 7) is 0. The van der Waals surface area contributed by atoms with E-state index in [-0.39, 0.29) is 16.6 Å². The predicted octanol–water partition coefficient (Wildman–Crippen LogP) is 3.51. The van der Waals surface area contributed by atoms with Gasteiger partial charge in [0.05, 0.1) is 10.5 Å². The maximum absolute atomic E-state index is 12.4. The number of nitrogens with zero attached hydrogens (tertiary/aromatic N) is 1. The third kappa shape index (κ3) is 2.68. The van der Waals surface area contributed by atoms with Gasteiger partial charge in [0.25, 0.3) is 5.69 Å². The molecule has 0 atom stereocenters. The van der Waals surface area contributed by atoms with Crippen molar-refractivity contribution in [2.75, 3.05) is 0 Å². The second-order valence-electron chi connectivity index (χ2n) is 2.73. The molecule has 0 aromatic heterocycles. The van der Waals surface area contributed by atoms with Gasteiger partial charge in [-0.05, 0) is 11.6 Å². The Morgan fingerprint density at radius 2 is 2.00 bits per heavy atom. The number of non-ortho nitro benzene ring substituents is 1. The van der Waals surface area contributed by atoms with E-state index in [9.17, 15) is 23.3 Å². The second kappa shape index (κ2) is 4.18. The van der Waals surface area contributed by atoms with Gasteiger partial charge in [-0.3, -0.25) is 10.1 Å². The zero-order valence-corrected chi connectivity index (χ0v) is 8.80. The minimum absolute atomic E-state index is 0.0798. The minimum Gasteiger partial charge on any atom is -0.258 e. The largest absolute Gasteiger partial charge is 0.416 e. The Labute approximate surface area is 91.2 Å². The van der Waals surface area contributed by atoms with Crippen LogP contribution in [-0.2, 0) is 11.5 Å². The quantitative estimate of drug-likeness (QED) is 0.474. The molecule has 1 aromatic carbocycles. The van der Waals surface area contributed by atoms with E-state index in [2.05, 4.69) is 15.9 Å². The smallest absolute Gasteiger partial charge is 0.258 e. The number of benzene rings is 1. The first kappa shape index (κ1) is 12.0. The molecule has 3 nitrogen and oxygen atoms in total. The normalized spacial score (nSPS) is 11.5. The molecule has 0 fully saturated rings. The van der Waals surface area contributed by atoms with Gasteiger partial charge in [0.1, 0.15) is 0 Å². The lowest BCUT2D eigenvalue weighted by Gasteiger charge is -2.10. The molecule has 0 N–H and O–H groups in total. The summed E-state index contributed by atoms with van der Waals surface area (Å²) in [4.78, 5) is 9.61. The van der Waals surface area contributed by atoms with E-state index in [0.29, 0.717) is 6.07 Å². The number of hydrogen-bond acceptors (Lipinski definition) is 2. The summed E-state index contributed by atoms with van der Waals surface area (Å²) in [6, 6.07) is 2.47. The lowest BCUT2D eigenvalue weighted by Crippen LogP contribution is -2.08. The van der Waals surface area contributed by atoms with Crippen molar-refractivity contribution in [3.63, 3.8) is 0 Å². The van der Waals surface area contributed by atoms with Gasteiger partial charge < -0.3 is 0 Å². The van der Waals surface area contributed by atoms with Crippen LogP contribution in [0, 0.1) is 10.1 Å². The summed E-state index contributed by atoms with van der Waals surface area (Å²) < 4.78 is 37.1. The van der Waals surface area contributed by atoms with Crippen LogP contribution >= 0.6 is 15.9 Å². The van der Waals surface area contributed by atoms with E-state index >= 15 is 0 Å². The minimum atomic E-state index is -4.49. The van der Waals surface area contributed by atoms with E-state index in [4.69, 9.17) is 0 Å². The topological polar surface area (TPSA) is 43.1 Å². The maximum Gasteiger partial charge on any atom is 0.416 e. The van der Waals surface area contributed by atoms with Crippen LogP contribution in [-0.4, -0.2) is 4.92 Å². The molecular formula is C8H5BrF3NO2. The first-order valence-corrected chi connectivity index (χ1v) is 4.89. The molecule has 7 heteroatoms. The highest BCUT2D eigenvalue weighted by molar-refractivity contribution is 9.08. The molecule has 0 radical (unpaired) electrons.